The van der Waals surface area contributed by atoms with Crippen LogP contribution in [0.5, 0.6) is 5.75 Å². The first-order valence-corrected chi connectivity index (χ1v) is 7.11. The molecule has 0 radical (unpaired) electrons. The van der Waals surface area contributed by atoms with Gasteiger partial charge in [0.15, 0.2) is 0 Å². The molecule has 2 aromatic rings. The SMILES string of the molecule is CC1C(=O)N(c2cc(Cl)ccc2O)c2cc(C(F)(F)F)ccc21. The van der Waals surface area contributed by atoms with Crippen LogP contribution in [0.25, 0.3) is 0 Å². The van der Waals surface area contributed by atoms with Crippen molar-refractivity contribution in [3.63, 3.8) is 0 Å². The third kappa shape index (κ3) is 2.53. The van der Waals surface area contributed by atoms with Crippen LogP contribution in [0.2, 0.25) is 5.02 Å². The van der Waals surface area contributed by atoms with Crippen LogP contribution < -0.4 is 4.90 Å². The fourth-order valence-electron chi connectivity index (χ4n) is 2.65. The third-order valence-electron chi connectivity index (χ3n) is 3.83. The van der Waals surface area contributed by atoms with Gasteiger partial charge >= 0.3 is 6.18 Å². The second-order valence-corrected chi connectivity index (χ2v) is 5.74. The summed E-state index contributed by atoms with van der Waals surface area (Å²) in [6.07, 6.45) is -4.52. The van der Waals surface area contributed by atoms with E-state index in [9.17, 15) is 23.1 Å². The van der Waals surface area contributed by atoms with Gasteiger partial charge in [0.1, 0.15) is 5.75 Å². The van der Waals surface area contributed by atoms with E-state index < -0.39 is 23.6 Å². The summed E-state index contributed by atoms with van der Waals surface area (Å²) in [6, 6.07) is 7.22. The number of amides is 1. The normalized spacial score (nSPS) is 17.5. The van der Waals surface area contributed by atoms with Gasteiger partial charge in [-0.2, -0.15) is 13.2 Å². The number of carbonyl (C=O) groups is 1. The molecule has 1 atom stereocenters. The number of halogens is 4. The van der Waals surface area contributed by atoms with Gasteiger partial charge in [0.2, 0.25) is 5.91 Å². The van der Waals surface area contributed by atoms with Crippen LogP contribution in [0.4, 0.5) is 24.5 Å². The first-order valence-electron chi connectivity index (χ1n) is 6.74. The van der Waals surface area contributed by atoms with Gasteiger partial charge in [-0.1, -0.05) is 17.7 Å². The Morgan fingerprint density at radius 1 is 1.13 bits per heavy atom. The Morgan fingerprint density at radius 3 is 2.48 bits per heavy atom. The van der Waals surface area contributed by atoms with Crippen LogP contribution >= 0.6 is 11.6 Å². The molecule has 23 heavy (non-hydrogen) atoms. The molecule has 1 aliphatic rings. The van der Waals surface area contributed by atoms with Crippen LogP contribution in [0.3, 0.4) is 0 Å². The van der Waals surface area contributed by atoms with Crippen LogP contribution in [0, 0.1) is 0 Å². The molecule has 1 unspecified atom stereocenters. The lowest BCUT2D eigenvalue weighted by molar-refractivity contribution is -0.137. The molecule has 0 saturated heterocycles. The fourth-order valence-corrected chi connectivity index (χ4v) is 2.82. The lowest BCUT2D eigenvalue weighted by Gasteiger charge is -2.20. The molecule has 0 fully saturated rings. The molecule has 0 aliphatic carbocycles. The first-order chi connectivity index (χ1) is 10.7. The average molecular weight is 342 g/mol. The molecular formula is C16H11ClF3NO2. The molecule has 3 rings (SSSR count). The zero-order valence-electron chi connectivity index (χ0n) is 11.9. The van der Waals surface area contributed by atoms with E-state index in [1.165, 1.54) is 24.3 Å². The number of hydrogen-bond donors (Lipinski definition) is 1. The summed E-state index contributed by atoms with van der Waals surface area (Å²) < 4.78 is 38.8. The molecule has 1 aliphatic heterocycles. The van der Waals surface area contributed by atoms with E-state index >= 15 is 0 Å². The Labute approximate surface area is 134 Å². The van der Waals surface area contributed by atoms with Gasteiger partial charge in [-0.3, -0.25) is 9.69 Å². The third-order valence-corrected chi connectivity index (χ3v) is 4.07. The van der Waals surface area contributed by atoms with Gasteiger partial charge in [0, 0.05) is 5.02 Å². The van der Waals surface area contributed by atoms with Crippen LogP contribution in [-0.4, -0.2) is 11.0 Å². The first kappa shape index (κ1) is 15.7. The second kappa shape index (κ2) is 5.16. The minimum absolute atomic E-state index is 0.0624. The highest BCUT2D eigenvalue weighted by Crippen LogP contribution is 2.47. The van der Waals surface area contributed by atoms with Crippen molar-refractivity contribution in [2.24, 2.45) is 0 Å². The van der Waals surface area contributed by atoms with Crippen LogP contribution in [-0.2, 0) is 11.0 Å². The minimum Gasteiger partial charge on any atom is -0.506 e. The summed E-state index contributed by atoms with van der Waals surface area (Å²) in [5, 5.41) is 10.2. The summed E-state index contributed by atoms with van der Waals surface area (Å²) in [5.74, 6) is -1.26. The maximum absolute atomic E-state index is 12.9. The molecule has 0 saturated carbocycles. The molecule has 0 bridgehead atoms. The van der Waals surface area contributed by atoms with Crippen LogP contribution in [0.15, 0.2) is 36.4 Å². The Balaban J connectivity index is 2.21. The van der Waals surface area contributed by atoms with Crippen molar-refractivity contribution in [1.82, 2.24) is 0 Å². The van der Waals surface area contributed by atoms with Crippen molar-refractivity contribution in [1.29, 1.82) is 0 Å². The number of benzene rings is 2. The molecule has 3 nitrogen and oxygen atoms in total. The Bertz CT molecular complexity index is 804. The van der Waals surface area contributed by atoms with E-state index in [0.29, 0.717) is 5.56 Å². The molecule has 1 amide bonds. The highest BCUT2D eigenvalue weighted by Gasteiger charge is 2.39. The molecule has 0 aromatic heterocycles. The van der Waals surface area contributed by atoms with E-state index in [-0.39, 0.29) is 22.1 Å². The Hall–Kier alpha value is -2.21. The van der Waals surface area contributed by atoms with E-state index in [2.05, 4.69) is 0 Å². The Morgan fingerprint density at radius 2 is 1.83 bits per heavy atom. The number of carbonyl (C=O) groups excluding carboxylic acids is 1. The average Bonchev–Trinajstić information content (AvgIpc) is 2.72. The summed E-state index contributed by atoms with van der Waals surface area (Å²) in [4.78, 5) is 13.6. The van der Waals surface area contributed by atoms with Crippen molar-refractivity contribution >= 4 is 28.9 Å². The van der Waals surface area contributed by atoms with Crippen molar-refractivity contribution in [2.45, 2.75) is 19.0 Å². The molecular weight excluding hydrogens is 331 g/mol. The van der Waals surface area contributed by atoms with Gasteiger partial charge in [0.05, 0.1) is 22.9 Å². The van der Waals surface area contributed by atoms with Gasteiger partial charge in [0.25, 0.3) is 0 Å². The van der Waals surface area contributed by atoms with E-state index in [1.807, 2.05) is 0 Å². The number of hydrogen-bond acceptors (Lipinski definition) is 2. The maximum atomic E-state index is 12.9. The molecule has 0 spiro atoms. The van der Waals surface area contributed by atoms with Gasteiger partial charge in [-0.25, -0.2) is 0 Å². The number of fused-ring (bicyclic) bond motifs is 1. The van der Waals surface area contributed by atoms with Gasteiger partial charge < -0.3 is 5.11 Å². The van der Waals surface area contributed by atoms with Crippen molar-refractivity contribution < 1.29 is 23.1 Å². The predicted molar refractivity (Wildman–Crippen MR) is 80.1 cm³/mol. The lowest BCUT2D eigenvalue weighted by Crippen LogP contribution is -2.23. The van der Waals surface area contributed by atoms with E-state index in [0.717, 1.165) is 17.0 Å². The minimum atomic E-state index is -4.52. The zero-order chi connectivity index (χ0) is 16.9. The zero-order valence-corrected chi connectivity index (χ0v) is 12.6. The van der Waals surface area contributed by atoms with E-state index in [4.69, 9.17) is 11.6 Å². The molecule has 7 heteroatoms. The van der Waals surface area contributed by atoms with Crippen LogP contribution in [0.1, 0.15) is 24.0 Å². The van der Waals surface area contributed by atoms with Gasteiger partial charge in [-0.15, -0.1) is 0 Å². The molecule has 2 aromatic carbocycles. The maximum Gasteiger partial charge on any atom is 0.416 e. The topological polar surface area (TPSA) is 40.5 Å². The number of phenols is 1. The summed E-state index contributed by atoms with van der Waals surface area (Å²) in [6.45, 7) is 1.61. The van der Waals surface area contributed by atoms with Gasteiger partial charge in [-0.05, 0) is 42.8 Å². The quantitative estimate of drug-likeness (QED) is 0.805. The van der Waals surface area contributed by atoms with E-state index in [1.54, 1.807) is 6.92 Å². The largest absolute Gasteiger partial charge is 0.506 e. The number of alkyl halides is 3. The number of anilines is 2. The molecule has 1 N–H and O–H groups in total. The Kier molecular flexibility index (Phi) is 3.52. The lowest BCUT2D eigenvalue weighted by atomic mass is 10.0. The predicted octanol–water partition coefficient (Wildman–Crippen LogP) is 4.85. The standard InChI is InChI=1S/C16H11ClF3NO2/c1-8-11-4-2-9(16(18,19)20)6-12(11)21(15(8)23)13-7-10(17)3-5-14(13)22/h2-8,22H,1H3. The van der Waals surface area contributed by atoms with Crippen molar-refractivity contribution in [2.75, 3.05) is 4.90 Å². The molecule has 1 heterocycles. The number of rotatable bonds is 1. The monoisotopic (exact) mass is 341 g/mol. The van der Waals surface area contributed by atoms with Crippen molar-refractivity contribution in [3.05, 3.63) is 52.5 Å². The molecule has 120 valence electrons. The summed E-state index contributed by atoms with van der Waals surface area (Å²) >= 11 is 5.88. The number of nitrogens with zero attached hydrogens (tertiary/aromatic N) is 1. The summed E-state index contributed by atoms with van der Waals surface area (Å²) in [5.41, 5.74) is -0.214. The number of aromatic hydroxyl groups is 1. The highest BCUT2D eigenvalue weighted by atomic mass is 35.5. The fraction of sp³-hybridized carbons (Fsp3) is 0.188. The second-order valence-electron chi connectivity index (χ2n) is 5.30. The van der Waals surface area contributed by atoms with Crippen molar-refractivity contribution in [3.8, 4) is 5.75 Å². The number of phenolic OH excluding ortho intramolecular Hbond substituents is 1. The summed E-state index contributed by atoms with van der Waals surface area (Å²) in [7, 11) is 0. The highest BCUT2D eigenvalue weighted by molar-refractivity contribution is 6.31. The smallest absolute Gasteiger partial charge is 0.416 e.